The minimum Gasteiger partial charge on any atom is -0.374 e. The minimum absolute atomic E-state index is 0.195. The maximum absolute atomic E-state index is 14.2. The van der Waals surface area contributed by atoms with Crippen LogP contribution in [-0.2, 0) is 4.74 Å². The highest BCUT2D eigenvalue weighted by Crippen LogP contribution is 2.34. The van der Waals surface area contributed by atoms with Crippen molar-refractivity contribution in [3.05, 3.63) is 34.6 Å². The van der Waals surface area contributed by atoms with Crippen molar-refractivity contribution in [2.45, 2.75) is 45.8 Å². The third-order valence-electron chi connectivity index (χ3n) is 3.47. The molecule has 1 rings (SSSR count). The van der Waals surface area contributed by atoms with Gasteiger partial charge in [0.2, 0.25) is 0 Å². The van der Waals surface area contributed by atoms with E-state index in [9.17, 15) is 4.39 Å². The molecule has 19 heavy (non-hydrogen) atoms. The molecule has 0 bridgehead atoms. The SMILES string of the molecule is CCNC(c1ccc(Cl)cc1F)C(C)(CC)OCC. The van der Waals surface area contributed by atoms with Gasteiger partial charge in [0.15, 0.2) is 0 Å². The number of likely N-dealkylation sites (N-methyl/N-ethyl adjacent to an activating group) is 1. The van der Waals surface area contributed by atoms with Crippen LogP contribution < -0.4 is 5.32 Å². The molecule has 1 aromatic rings. The fourth-order valence-corrected chi connectivity index (χ4v) is 2.47. The Labute approximate surface area is 120 Å². The molecule has 0 saturated heterocycles. The number of nitrogens with one attached hydrogen (secondary N) is 1. The van der Waals surface area contributed by atoms with Crippen LogP contribution in [0.25, 0.3) is 0 Å². The van der Waals surface area contributed by atoms with Crippen molar-refractivity contribution < 1.29 is 9.13 Å². The highest BCUT2D eigenvalue weighted by Gasteiger charge is 2.35. The number of halogens is 2. The summed E-state index contributed by atoms with van der Waals surface area (Å²) in [6.07, 6.45) is 0.792. The third kappa shape index (κ3) is 3.91. The normalized spacial score (nSPS) is 16.1. The monoisotopic (exact) mass is 287 g/mol. The molecular formula is C15H23ClFNO. The lowest BCUT2D eigenvalue weighted by Crippen LogP contribution is -2.44. The molecule has 0 aliphatic rings. The second kappa shape index (κ2) is 7.22. The van der Waals surface area contributed by atoms with Gasteiger partial charge in [-0.15, -0.1) is 0 Å². The van der Waals surface area contributed by atoms with Crippen molar-refractivity contribution >= 4 is 11.6 Å². The zero-order valence-corrected chi connectivity index (χ0v) is 12.9. The molecule has 2 atom stereocenters. The average molecular weight is 288 g/mol. The first-order chi connectivity index (χ1) is 8.98. The summed E-state index contributed by atoms with van der Waals surface area (Å²) in [5, 5.41) is 3.74. The van der Waals surface area contributed by atoms with E-state index in [1.165, 1.54) is 6.07 Å². The number of hydrogen-bond acceptors (Lipinski definition) is 2. The van der Waals surface area contributed by atoms with Crippen LogP contribution >= 0.6 is 11.6 Å². The maximum Gasteiger partial charge on any atom is 0.129 e. The Bertz CT molecular complexity index is 413. The van der Waals surface area contributed by atoms with E-state index in [4.69, 9.17) is 16.3 Å². The maximum atomic E-state index is 14.2. The largest absolute Gasteiger partial charge is 0.374 e. The summed E-state index contributed by atoms with van der Waals surface area (Å²) in [6, 6.07) is 4.60. The molecule has 0 aliphatic heterocycles. The van der Waals surface area contributed by atoms with Crippen LogP contribution in [0.3, 0.4) is 0 Å². The smallest absolute Gasteiger partial charge is 0.129 e. The van der Waals surface area contributed by atoms with Crippen LogP contribution in [0.2, 0.25) is 5.02 Å². The first-order valence-corrected chi connectivity index (χ1v) is 7.18. The molecule has 0 radical (unpaired) electrons. The molecule has 0 amide bonds. The molecule has 0 fully saturated rings. The predicted octanol–water partition coefficient (Wildman–Crippen LogP) is 4.33. The van der Waals surface area contributed by atoms with Crippen LogP contribution in [0.4, 0.5) is 4.39 Å². The minimum atomic E-state index is -0.445. The quantitative estimate of drug-likeness (QED) is 0.806. The molecule has 0 spiro atoms. The summed E-state index contributed by atoms with van der Waals surface area (Å²) in [6.45, 7) is 9.36. The van der Waals surface area contributed by atoms with Crippen molar-refractivity contribution in [2.75, 3.05) is 13.2 Å². The zero-order valence-electron chi connectivity index (χ0n) is 12.1. The van der Waals surface area contributed by atoms with Crippen molar-refractivity contribution in [2.24, 2.45) is 0 Å². The third-order valence-corrected chi connectivity index (χ3v) is 3.70. The van der Waals surface area contributed by atoms with E-state index >= 15 is 0 Å². The second-order valence-electron chi connectivity index (χ2n) is 4.76. The van der Waals surface area contributed by atoms with Gasteiger partial charge in [0.05, 0.1) is 11.6 Å². The molecule has 0 aromatic heterocycles. The Morgan fingerprint density at radius 2 is 2.05 bits per heavy atom. The summed E-state index contributed by atoms with van der Waals surface area (Å²) in [5.41, 5.74) is 0.156. The second-order valence-corrected chi connectivity index (χ2v) is 5.19. The molecule has 2 unspecified atom stereocenters. The highest BCUT2D eigenvalue weighted by atomic mass is 35.5. The van der Waals surface area contributed by atoms with Crippen LogP contribution in [0.15, 0.2) is 18.2 Å². The Morgan fingerprint density at radius 1 is 1.37 bits per heavy atom. The van der Waals surface area contributed by atoms with E-state index < -0.39 is 5.60 Å². The summed E-state index contributed by atoms with van der Waals surface area (Å²) in [7, 11) is 0. The van der Waals surface area contributed by atoms with Gasteiger partial charge in [-0.05, 0) is 38.9 Å². The van der Waals surface area contributed by atoms with Gasteiger partial charge in [0.1, 0.15) is 5.82 Å². The Kier molecular flexibility index (Phi) is 6.24. The molecule has 1 N–H and O–H groups in total. The number of ether oxygens (including phenoxy) is 1. The van der Waals surface area contributed by atoms with Crippen LogP contribution in [-0.4, -0.2) is 18.8 Å². The van der Waals surface area contributed by atoms with E-state index in [0.717, 1.165) is 13.0 Å². The highest BCUT2D eigenvalue weighted by molar-refractivity contribution is 6.30. The number of benzene rings is 1. The molecule has 0 saturated carbocycles. The first kappa shape index (κ1) is 16.4. The standard InChI is InChI=1S/C15H23ClFNO/c1-5-15(4,19-7-3)14(18-6-2)12-9-8-11(16)10-13(12)17/h8-10,14,18H,5-7H2,1-4H3. The number of hydrogen-bond donors (Lipinski definition) is 1. The van der Waals surface area contributed by atoms with E-state index in [1.54, 1.807) is 12.1 Å². The first-order valence-electron chi connectivity index (χ1n) is 6.80. The lowest BCUT2D eigenvalue weighted by Gasteiger charge is -2.37. The molecule has 2 nitrogen and oxygen atoms in total. The van der Waals surface area contributed by atoms with Crippen molar-refractivity contribution in [3.8, 4) is 0 Å². The van der Waals surface area contributed by atoms with Gasteiger partial charge in [-0.1, -0.05) is 31.5 Å². The van der Waals surface area contributed by atoms with Gasteiger partial charge in [0, 0.05) is 17.2 Å². The van der Waals surface area contributed by atoms with Crippen LogP contribution in [0, 0.1) is 5.82 Å². The Hall–Kier alpha value is -0.640. The van der Waals surface area contributed by atoms with Gasteiger partial charge >= 0.3 is 0 Å². The van der Waals surface area contributed by atoms with E-state index in [2.05, 4.69) is 5.32 Å². The van der Waals surface area contributed by atoms with Crippen molar-refractivity contribution in [1.82, 2.24) is 5.32 Å². The van der Waals surface area contributed by atoms with Gasteiger partial charge in [-0.2, -0.15) is 0 Å². The van der Waals surface area contributed by atoms with Gasteiger partial charge < -0.3 is 10.1 Å². The molecule has 108 valence electrons. The van der Waals surface area contributed by atoms with Gasteiger partial charge in [0.25, 0.3) is 0 Å². The van der Waals surface area contributed by atoms with Crippen LogP contribution in [0.1, 0.15) is 45.7 Å². The molecule has 1 aromatic carbocycles. The summed E-state index contributed by atoms with van der Waals surface area (Å²) in [5.74, 6) is -0.294. The average Bonchev–Trinajstić information content (AvgIpc) is 2.37. The van der Waals surface area contributed by atoms with E-state index in [1.807, 2.05) is 27.7 Å². The topological polar surface area (TPSA) is 21.3 Å². The van der Waals surface area contributed by atoms with E-state index in [0.29, 0.717) is 17.2 Å². The lowest BCUT2D eigenvalue weighted by molar-refractivity contribution is -0.0567. The molecule has 4 heteroatoms. The zero-order chi connectivity index (χ0) is 14.5. The lowest BCUT2D eigenvalue weighted by atomic mass is 9.87. The fourth-order valence-electron chi connectivity index (χ4n) is 2.31. The van der Waals surface area contributed by atoms with Gasteiger partial charge in [-0.25, -0.2) is 4.39 Å². The van der Waals surface area contributed by atoms with Crippen molar-refractivity contribution in [1.29, 1.82) is 0 Å². The summed E-state index contributed by atoms with van der Waals surface area (Å²) >= 11 is 5.82. The molecular weight excluding hydrogens is 265 g/mol. The van der Waals surface area contributed by atoms with Crippen LogP contribution in [0.5, 0.6) is 0 Å². The molecule has 0 aliphatic carbocycles. The summed E-state index contributed by atoms with van der Waals surface area (Å²) in [4.78, 5) is 0. The van der Waals surface area contributed by atoms with Crippen molar-refractivity contribution in [3.63, 3.8) is 0 Å². The van der Waals surface area contributed by atoms with Gasteiger partial charge in [-0.3, -0.25) is 0 Å². The predicted molar refractivity (Wildman–Crippen MR) is 78.1 cm³/mol. The fraction of sp³-hybridized carbons (Fsp3) is 0.600. The molecule has 0 heterocycles. The Morgan fingerprint density at radius 3 is 2.53 bits per heavy atom. The number of rotatable bonds is 7. The summed E-state index contributed by atoms with van der Waals surface area (Å²) < 4.78 is 20.0. The van der Waals surface area contributed by atoms with E-state index in [-0.39, 0.29) is 11.9 Å². The Balaban J connectivity index is 3.18.